The summed E-state index contributed by atoms with van der Waals surface area (Å²) in [5.74, 6) is -1.57. The van der Waals surface area contributed by atoms with Gasteiger partial charge in [-0.3, -0.25) is 28.8 Å². The van der Waals surface area contributed by atoms with Crippen LogP contribution in [0.15, 0.2) is 48.9 Å². The van der Waals surface area contributed by atoms with Crippen LogP contribution in [0.3, 0.4) is 0 Å². The van der Waals surface area contributed by atoms with Gasteiger partial charge in [0.15, 0.2) is 5.69 Å². The van der Waals surface area contributed by atoms with Gasteiger partial charge in [-0.2, -0.15) is 18.3 Å². The summed E-state index contributed by atoms with van der Waals surface area (Å²) in [6, 6.07) is 6.22. The maximum atomic E-state index is 13.9. The summed E-state index contributed by atoms with van der Waals surface area (Å²) >= 11 is 0. The fourth-order valence-electron chi connectivity index (χ4n) is 8.74. The molecule has 1 aliphatic carbocycles. The number of aromatic nitrogens is 4. The van der Waals surface area contributed by atoms with Gasteiger partial charge in [0.05, 0.1) is 71.3 Å². The molecule has 4 heterocycles. The first-order chi connectivity index (χ1) is 34.7. The number of nitrogens with zero attached hydrogens (tertiary/aromatic N) is 6. The number of halogens is 3. The van der Waals surface area contributed by atoms with Gasteiger partial charge in [-0.15, -0.1) is 0 Å². The number of aliphatic hydroxyl groups is 2. The molecule has 0 radical (unpaired) electrons. The van der Waals surface area contributed by atoms with Crippen LogP contribution in [0.5, 0.6) is 0 Å². The number of carbonyl (C=O) groups is 4. The van der Waals surface area contributed by atoms with E-state index in [0.717, 1.165) is 50.3 Å². The van der Waals surface area contributed by atoms with Crippen LogP contribution in [0, 0.1) is 5.92 Å². The van der Waals surface area contributed by atoms with E-state index in [1.807, 2.05) is 26.1 Å². The average Bonchev–Trinajstić information content (AvgIpc) is 3.70. The molecule has 4 amide bonds. The minimum absolute atomic E-state index is 0.0194. The molecule has 21 nitrogen and oxygen atoms in total. The largest absolute Gasteiger partial charge is 0.434 e. The molecule has 3 fully saturated rings. The summed E-state index contributed by atoms with van der Waals surface area (Å²) in [6.45, 7) is 5.43. The minimum atomic E-state index is -4.69. The van der Waals surface area contributed by atoms with Gasteiger partial charge in [0.1, 0.15) is 48.5 Å². The van der Waals surface area contributed by atoms with E-state index in [1.165, 1.54) is 0 Å². The van der Waals surface area contributed by atoms with Crippen molar-refractivity contribution < 1.29 is 66.2 Å². The van der Waals surface area contributed by atoms with Crippen LogP contribution < -0.4 is 21.3 Å². The van der Waals surface area contributed by atoms with Crippen molar-refractivity contribution in [3.05, 3.63) is 65.9 Å². The summed E-state index contributed by atoms with van der Waals surface area (Å²) in [5, 5.41) is 36.8. The number of carbonyl (C=O) groups excluding carboxylic acids is 4. The fourth-order valence-corrected chi connectivity index (χ4v) is 8.74. The van der Waals surface area contributed by atoms with Gasteiger partial charge >= 0.3 is 6.18 Å². The predicted molar refractivity (Wildman–Crippen MR) is 255 cm³/mol. The Morgan fingerprint density at radius 3 is 2.18 bits per heavy atom. The number of rotatable bonds is 25. The van der Waals surface area contributed by atoms with Crippen molar-refractivity contribution in [2.24, 2.45) is 5.92 Å². The van der Waals surface area contributed by atoms with Crippen molar-refractivity contribution in [1.82, 2.24) is 40.2 Å². The maximum absolute atomic E-state index is 13.9. The molecule has 3 aromatic rings. The molecule has 1 saturated carbocycles. The highest BCUT2D eigenvalue weighted by Crippen LogP contribution is 2.29. The van der Waals surface area contributed by atoms with Crippen LogP contribution in [0.4, 0.5) is 24.7 Å². The Hall–Kier alpha value is -5.34. The molecule has 0 bridgehead atoms. The first kappa shape index (κ1) is 56.0. The molecule has 0 spiro atoms. The number of alkyl halides is 3. The topological polar surface area (TPSA) is 253 Å². The summed E-state index contributed by atoms with van der Waals surface area (Å²) < 4.78 is 68.3. The molecule has 6 N–H and O–H groups in total. The van der Waals surface area contributed by atoms with Crippen LogP contribution in [0.1, 0.15) is 67.2 Å². The normalized spacial score (nSPS) is 21.1. The molecule has 2 aliphatic heterocycles. The second-order valence-electron chi connectivity index (χ2n) is 18.1. The van der Waals surface area contributed by atoms with Gasteiger partial charge < -0.3 is 65.0 Å². The average molecular weight is 1020 g/mol. The van der Waals surface area contributed by atoms with Gasteiger partial charge in [-0.05, 0) is 56.5 Å². The van der Waals surface area contributed by atoms with E-state index in [2.05, 4.69) is 41.2 Å². The van der Waals surface area contributed by atoms with Crippen molar-refractivity contribution in [2.75, 3.05) is 103 Å². The fraction of sp³-hybridized carbons (Fsp3) is 0.646. The number of piperazine rings is 1. The number of hydrogen-bond acceptors (Lipinski definition) is 16. The van der Waals surface area contributed by atoms with Crippen LogP contribution in [-0.2, 0) is 57.2 Å². The molecule has 2 aromatic heterocycles. The summed E-state index contributed by atoms with van der Waals surface area (Å²) in [5.41, 5.74) is 0.496. The third-order valence-electron chi connectivity index (χ3n) is 12.8. The molecule has 6 rings (SSSR count). The van der Waals surface area contributed by atoms with Crippen molar-refractivity contribution in [1.29, 1.82) is 0 Å². The quantitative estimate of drug-likeness (QED) is 0.0524. The highest BCUT2D eigenvalue weighted by molar-refractivity contribution is 6.00. The molecule has 72 heavy (non-hydrogen) atoms. The van der Waals surface area contributed by atoms with E-state index in [-0.39, 0.29) is 95.3 Å². The molecule has 6 atom stereocenters. The molecule has 398 valence electrons. The number of anilines is 2. The first-order valence-electron chi connectivity index (χ1n) is 24.6. The lowest BCUT2D eigenvalue weighted by atomic mass is 9.91. The SMILES string of the molecule is CCn1nccc1C(=O)N[C@H](C(=O)Nc1ccc(C[C@@H](NC(=O)COCCOCCOCCOC[C@H]2OC[C@H](Nc3cncc(C(F)(F)F)n3)[C@@H](O)[C@H]2O)C(=O)N2CCN(C)CC2)cc1)C1CCCCCC1. The van der Waals surface area contributed by atoms with Gasteiger partial charge in [0.2, 0.25) is 17.7 Å². The zero-order chi connectivity index (χ0) is 51.5. The standard InChI is InChI=1S/C48H69F3N10O11/c1-3-61-37(14-15-53-61)45(65)58-42(33-8-6-4-5-7-9-33)46(66)54-34-12-10-32(11-13-34)26-35(47(67)60-18-16-59(2)17-19-60)56-41(62)31-71-25-23-69-21-20-68-22-24-70-30-38-44(64)43(63)36(29-72-38)55-40-28-52-27-39(57-40)48(49,50)51/h10-15,27-28,33,35-36,38,42-44,63-64H,3-9,16-26,29-31H2,1-2H3,(H,54,66)(H,55,57)(H,56,62)(H,58,65)/t35-,36+,38-,42+,43-,44+/m1/s1. The van der Waals surface area contributed by atoms with Crippen molar-refractivity contribution in [2.45, 2.75) is 101 Å². The van der Waals surface area contributed by atoms with Crippen molar-refractivity contribution in [3.8, 4) is 0 Å². The Balaban J connectivity index is 0.880. The Morgan fingerprint density at radius 2 is 1.51 bits per heavy atom. The van der Waals surface area contributed by atoms with Crippen LogP contribution in [0.2, 0.25) is 0 Å². The Bertz CT molecular complexity index is 2160. The smallest absolute Gasteiger partial charge is 0.388 e. The second kappa shape index (κ2) is 28.2. The first-order valence-corrected chi connectivity index (χ1v) is 24.6. The minimum Gasteiger partial charge on any atom is -0.388 e. The lowest BCUT2D eigenvalue weighted by molar-refractivity contribution is -0.161. The molecular formula is C48H69F3N10O11. The van der Waals surface area contributed by atoms with E-state index in [0.29, 0.717) is 50.3 Å². The number of ether oxygens (including phenoxy) is 5. The predicted octanol–water partition coefficient (Wildman–Crippen LogP) is 1.89. The van der Waals surface area contributed by atoms with Crippen LogP contribution in [-0.4, -0.2) is 193 Å². The number of hydrogen-bond donors (Lipinski definition) is 6. The van der Waals surface area contributed by atoms with Crippen LogP contribution >= 0.6 is 0 Å². The lowest BCUT2D eigenvalue weighted by Crippen LogP contribution is -2.57. The zero-order valence-corrected chi connectivity index (χ0v) is 40.9. The Kier molecular flexibility index (Phi) is 21.9. The number of likely N-dealkylation sites (N-methyl/N-ethyl adjacent to an activating group) is 1. The molecular weight excluding hydrogens is 950 g/mol. The van der Waals surface area contributed by atoms with Gasteiger partial charge in [0, 0.05) is 51.0 Å². The summed E-state index contributed by atoms with van der Waals surface area (Å²) in [7, 11) is 1.99. The van der Waals surface area contributed by atoms with Gasteiger partial charge in [0.25, 0.3) is 5.91 Å². The number of benzene rings is 1. The Labute approximate surface area is 416 Å². The number of nitrogens with one attached hydrogen (secondary N) is 4. The molecule has 0 unspecified atom stereocenters. The van der Waals surface area contributed by atoms with E-state index in [1.54, 1.807) is 34.0 Å². The van der Waals surface area contributed by atoms with Gasteiger partial charge in [-0.25, -0.2) is 4.98 Å². The van der Waals surface area contributed by atoms with Crippen LogP contribution in [0.25, 0.3) is 0 Å². The van der Waals surface area contributed by atoms with E-state index in [9.17, 15) is 42.6 Å². The highest BCUT2D eigenvalue weighted by Gasteiger charge is 2.40. The number of amides is 4. The molecule has 1 aromatic carbocycles. The van der Waals surface area contributed by atoms with E-state index >= 15 is 0 Å². The highest BCUT2D eigenvalue weighted by atomic mass is 19.4. The molecule has 3 aliphatic rings. The van der Waals surface area contributed by atoms with E-state index < -0.39 is 54.2 Å². The third kappa shape index (κ3) is 17.1. The Morgan fingerprint density at radius 1 is 0.847 bits per heavy atom. The van der Waals surface area contributed by atoms with Crippen molar-refractivity contribution >= 4 is 35.1 Å². The van der Waals surface area contributed by atoms with Gasteiger partial charge in [-0.1, -0.05) is 37.8 Å². The maximum Gasteiger partial charge on any atom is 0.434 e. The summed E-state index contributed by atoms with van der Waals surface area (Å²) in [4.78, 5) is 65.1. The molecule has 2 saturated heterocycles. The number of aryl methyl sites for hydroxylation is 1. The monoisotopic (exact) mass is 1020 g/mol. The number of aliphatic hydroxyl groups excluding tert-OH is 2. The molecule has 24 heteroatoms. The second-order valence-corrected chi connectivity index (χ2v) is 18.1. The van der Waals surface area contributed by atoms with E-state index in [4.69, 9.17) is 23.7 Å². The summed E-state index contributed by atoms with van der Waals surface area (Å²) in [6.07, 6.45) is 0.884. The third-order valence-corrected chi connectivity index (χ3v) is 12.8. The lowest BCUT2D eigenvalue weighted by Gasteiger charge is -2.38. The zero-order valence-electron chi connectivity index (χ0n) is 40.9. The van der Waals surface area contributed by atoms with Crippen molar-refractivity contribution in [3.63, 3.8) is 0 Å².